The Bertz CT molecular complexity index is 473. The standard InChI is InChI=1S/C14H20BrN3O2/c1-17-6-4-11(5-7-17)9-16-10-12-2-3-13(18(19)20)8-14(12)15/h2-3,8,11,16H,4-7,9-10H2,1H3. The normalized spacial score (nSPS) is 17.3. The molecule has 5 nitrogen and oxygen atoms in total. The van der Waals surface area contributed by atoms with E-state index >= 15 is 0 Å². The van der Waals surface area contributed by atoms with Gasteiger partial charge in [-0.05, 0) is 57.1 Å². The number of halogens is 1. The minimum absolute atomic E-state index is 0.121. The van der Waals surface area contributed by atoms with E-state index in [1.54, 1.807) is 12.1 Å². The molecule has 1 aliphatic rings. The lowest BCUT2D eigenvalue weighted by molar-refractivity contribution is -0.384. The molecule has 110 valence electrons. The lowest BCUT2D eigenvalue weighted by Gasteiger charge is -2.29. The summed E-state index contributed by atoms with van der Waals surface area (Å²) < 4.78 is 0.794. The molecule has 1 aliphatic heterocycles. The molecule has 0 bridgehead atoms. The molecule has 1 heterocycles. The molecule has 0 aliphatic carbocycles. The van der Waals surface area contributed by atoms with Crippen molar-refractivity contribution in [3.63, 3.8) is 0 Å². The van der Waals surface area contributed by atoms with Crippen molar-refractivity contribution in [3.05, 3.63) is 38.3 Å². The second kappa shape index (κ2) is 7.15. The van der Waals surface area contributed by atoms with Gasteiger partial charge in [-0.25, -0.2) is 0 Å². The van der Waals surface area contributed by atoms with Crippen LogP contribution >= 0.6 is 15.9 Å². The van der Waals surface area contributed by atoms with Gasteiger partial charge in [0.15, 0.2) is 0 Å². The van der Waals surface area contributed by atoms with Crippen LogP contribution in [0.4, 0.5) is 5.69 Å². The van der Waals surface area contributed by atoms with Crippen LogP contribution in [0.5, 0.6) is 0 Å². The number of likely N-dealkylation sites (tertiary alicyclic amines) is 1. The van der Waals surface area contributed by atoms with E-state index in [9.17, 15) is 10.1 Å². The van der Waals surface area contributed by atoms with E-state index in [-0.39, 0.29) is 10.6 Å². The number of nitro benzene ring substituents is 1. The lowest BCUT2D eigenvalue weighted by Crippen LogP contribution is -2.34. The second-order valence-corrected chi connectivity index (χ2v) is 6.26. The van der Waals surface area contributed by atoms with Crippen molar-refractivity contribution in [3.8, 4) is 0 Å². The first kappa shape index (κ1) is 15.4. The van der Waals surface area contributed by atoms with Gasteiger partial charge in [0, 0.05) is 23.2 Å². The van der Waals surface area contributed by atoms with Crippen LogP contribution in [0.2, 0.25) is 0 Å². The first-order chi connectivity index (χ1) is 9.56. The van der Waals surface area contributed by atoms with Gasteiger partial charge in [-0.3, -0.25) is 10.1 Å². The van der Waals surface area contributed by atoms with Gasteiger partial charge in [-0.15, -0.1) is 0 Å². The zero-order chi connectivity index (χ0) is 14.5. The molecule has 0 aromatic heterocycles. The highest BCUT2D eigenvalue weighted by atomic mass is 79.9. The van der Waals surface area contributed by atoms with Gasteiger partial charge in [0.1, 0.15) is 0 Å². The summed E-state index contributed by atoms with van der Waals surface area (Å²) in [5, 5.41) is 14.1. The highest BCUT2D eigenvalue weighted by Crippen LogP contribution is 2.23. The van der Waals surface area contributed by atoms with Crippen molar-refractivity contribution in [1.82, 2.24) is 10.2 Å². The molecule has 2 rings (SSSR count). The van der Waals surface area contributed by atoms with Crippen LogP contribution in [0.25, 0.3) is 0 Å². The zero-order valence-electron chi connectivity index (χ0n) is 11.6. The summed E-state index contributed by atoms with van der Waals surface area (Å²) >= 11 is 3.40. The molecule has 0 amide bonds. The molecular formula is C14H20BrN3O2. The van der Waals surface area contributed by atoms with Crippen LogP contribution in [0.1, 0.15) is 18.4 Å². The lowest BCUT2D eigenvalue weighted by atomic mass is 9.97. The predicted molar refractivity (Wildman–Crippen MR) is 82.7 cm³/mol. The number of rotatable bonds is 5. The molecule has 1 aromatic carbocycles. The molecule has 6 heteroatoms. The third kappa shape index (κ3) is 4.26. The molecule has 1 N–H and O–H groups in total. The Kier molecular flexibility index (Phi) is 5.51. The quantitative estimate of drug-likeness (QED) is 0.660. The van der Waals surface area contributed by atoms with E-state index in [4.69, 9.17) is 0 Å². The Morgan fingerprint density at radius 3 is 2.75 bits per heavy atom. The fourth-order valence-corrected chi connectivity index (χ4v) is 2.98. The summed E-state index contributed by atoms with van der Waals surface area (Å²) in [4.78, 5) is 12.7. The van der Waals surface area contributed by atoms with Gasteiger partial charge in [0.25, 0.3) is 5.69 Å². The SMILES string of the molecule is CN1CCC(CNCc2ccc([N+](=O)[O-])cc2Br)CC1. The highest BCUT2D eigenvalue weighted by molar-refractivity contribution is 9.10. The number of piperidine rings is 1. The minimum atomic E-state index is -0.375. The van der Waals surface area contributed by atoms with Crippen molar-refractivity contribution in [2.75, 3.05) is 26.7 Å². The van der Waals surface area contributed by atoms with Crippen molar-refractivity contribution in [1.29, 1.82) is 0 Å². The van der Waals surface area contributed by atoms with Crippen molar-refractivity contribution in [2.24, 2.45) is 5.92 Å². The summed E-state index contributed by atoms with van der Waals surface area (Å²) in [5.41, 5.74) is 1.18. The van der Waals surface area contributed by atoms with Gasteiger partial charge < -0.3 is 10.2 Å². The molecule has 0 unspecified atom stereocenters. The average Bonchev–Trinajstić information content (AvgIpc) is 2.42. The van der Waals surface area contributed by atoms with E-state index in [0.29, 0.717) is 0 Å². The van der Waals surface area contributed by atoms with Crippen LogP contribution in [-0.2, 0) is 6.54 Å². The van der Waals surface area contributed by atoms with Gasteiger partial charge in [0.2, 0.25) is 0 Å². The number of benzene rings is 1. The fraction of sp³-hybridized carbons (Fsp3) is 0.571. The Morgan fingerprint density at radius 1 is 1.45 bits per heavy atom. The molecular weight excluding hydrogens is 322 g/mol. The Labute approximate surface area is 127 Å². The van der Waals surface area contributed by atoms with Gasteiger partial charge in [0.05, 0.1) is 4.92 Å². The maximum atomic E-state index is 10.7. The fourth-order valence-electron chi connectivity index (χ4n) is 2.47. The van der Waals surface area contributed by atoms with Gasteiger partial charge >= 0.3 is 0 Å². The zero-order valence-corrected chi connectivity index (χ0v) is 13.2. The van der Waals surface area contributed by atoms with Crippen LogP contribution < -0.4 is 5.32 Å². The monoisotopic (exact) mass is 341 g/mol. The highest BCUT2D eigenvalue weighted by Gasteiger charge is 2.16. The Morgan fingerprint density at radius 2 is 2.15 bits per heavy atom. The molecule has 1 aromatic rings. The third-order valence-corrected chi connectivity index (χ3v) is 4.57. The van der Waals surface area contributed by atoms with E-state index in [0.717, 1.165) is 29.0 Å². The molecule has 0 saturated carbocycles. The number of hydrogen-bond acceptors (Lipinski definition) is 4. The predicted octanol–water partition coefficient (Wildman–Crippen LogP) is 2.79. The maximum Gasteiger partial charge on any atom is 0.270 e. The van der Waals surface area contributed by atoms with Crippen LogP contribution in [0.3, 0.4) is 0 Å². The number of non-ortho nitro benzene ring substituents is 1. The third-order valence-electron chi connectivity index (χ3n) is 3.83. The van der Waals surface area contributed by atoms with E-state index in [1.165, 1.54) is 25.9 Å². The van der Waals surface area contributed by atoms with Gasteiger partial charge in [-0.1, -0.05) is 15.9 Å². The molecule has 1 fully saturated rings. The van der Waals surface area contributed by atoms with Gasteiger partial charge in [-0.2, -0.15) is 0 Å². The number of nitrogens with zero attached hydrogens (tertiary/aromatic N) is 2. The van der Waals surface area contributed by atoms with E-state index < -0.39 is 0 Å². The summed E-state index contributed by atoms with van der Waals surface area (Å²) in [6, 6.07) is 4.92. The molecule has 0 atom stereocenters. The summed E-state index contributed by atoms with van der Waals surface area (Å²) in [7, 11) is 2.16. The van der Waals surface area contributed by atoms with Crippen molar-refractivity contribution >= 4 is 21.6 Å². The molecule has 0 radical (unpaired) electrons. The van der Waals surface area contributed by atoms with Crippen molar-refractivity contribution < 1.29 is 4.92 Å². The number of nitrogens with one attached hydrogen (secondary N) is 1. The number of hydrogen-bond donors (Lipinski definition) is 1. The number of nitro groups is 1. The smallest absolute Gasteiger partial charge is 0.270 e. The van der Waals surface area contributed by atoms with E-state index in [1.807, 2.05) is 6.07 Å². The average molecular weight is 342 g/mol. The first-order valence-electron chi connectivity index (χ1n) is 6.88. The van der Waals surface area contributed by atoms with Crippen LogP contribution in [0, 0.1) is 16.0 Å². The second-order valence-electron chi connectivity index (χ2n) is 5.41. The van der Waals surface area contributed by atoms with E-state index in [2.05, 4.69) is 33.2 Å². The summed E-state index contributed by atoms with van der Waals surface area (Å²) in [5.74, 6) is 0.739. The van der Waals surface area contributed by atoms with Crippen molar-refractivity contribution in [2.45, 2.75) is 19.4 Å². The first-order valence-corrected chi connectivity index (χ1v) is 7.67. The van der Waals surface area contributed by atoms with Crippen LogP contribution in [0.15, 0.2) is 22.7 Å². The molecule has 1 saturated heterocycles. The Balaban J connectivity index is 1.81. The molecule has 0 spiro atoms. The van der Waals surface area contributed by atoms with Crippen LogP contribution in [-0.4, -0.2) is 36.5 Å². The minimum Gasteiger partial charge on any atom is -0.312 e. The summed E-state index contributed by atoms with van der Waals surface area (Å²) in [6.45, 7) is 4.10. The largest absolute Gasteiger partial charge is 0.312 e. The summed E-state index contributed by atoms with van der Waals surface area (Å²) in [6.07, 6.45) is 2.48. The Hall–Kier alpha value is -0.980. The topological polar surface area (TPSA) is 58.4 Å². The maximum absolute atomic E-state index is 10.7. The molecule has 20 heavy (non-hydrogen) atoms.